The molecule has 3 heterocycles. The predicted octanol–water partition coefficient (Wildman–Crippen LogP) is 5.35. The van der Waals surface area contributed by atoms with E-state index in [1.165, 1.54) is 24.9 Å². The molecule has 2 aliphatic heterocycles. The van der Waals surface area contributed by atoms with Crippen LogP contribution in [-0.4, -0.2) is 53.4 Å². The molecule has 0 bridgehead atoms. The molecule has 1 amide bonds. The first kappa shape index (κ1) is 25.6. The Morgan fingerprint density at radius 2 is 2.03 bits per heavy atom. The summed E-state index contributed by atoms with van der Waals surface area (Å²) in [6.45, 7) is 1.21. The average molecular weight is 535 g/mol. The Labute approximate surface area is 223 Å². The van der Waals surface area contributed by atoms with E-state index >= 15 is 0 Å². The smallest absolute Gasteiger partial charge is 0.371 e. The maximum atomic E-state index is 13.4. The number of carboxylic acids is 1. The summed E-state index contributed by atoms with van der Waals surface area (Å²) in [7, 11) is 1.53. The van der Waals surface area contributed by atoms with Gasteiger partial charge in [-0.25, -0.2) is 9.79 Å². The molecule has 2 aliphatic rings. The van der Waals surface area contributed by atoms with Gasteiger partial charge in [0.05, 0.1) is 30.4 Å². The number of thioether (sulfide) groups is 1. The molecular weight excluding hydrogens is 508 g/mol. The number of carbonyl (C=O) groups excluding carboxylic acids is 1. The van der Waals surface area contributed by atoms with Gasteiger partial charge < -0.3 is 23.7 Å². The van der Waals surface area contributed by atoms with Crippen LogP contribution in [0, 0.1) is 0 Å². The Balaban J connectivity index is 1.35. The number of rotatable bonds is 9. The van der Waals surface area contributed by atoms with Crippen LogP contribution in [0.1, 0.15) is 34.7 Å². The number of amidine groups is 1. The molecule has 196 valence electrons. The Kier molecular flexibility index (Phi) is 7.81. The van der Waals surface area contributed by atoms with Gasteiger partial charge in [0.25, 0.3) is 5.91 Å². The third kappa shape index (κ3) is 5.92. The average Bonchev–Trinajstić information content (AvgIpc) is 3.67. The van der Waals surface area contributed by atoms with Crippen molar-refractivity contribution in [2.75, 3.05) is 20.3 Å². The first-order valence-corrected chi connectivity index (χ1v) is 12.9. The van der Waals surface area contributed by atoms with Crippen LogP contribution >= 0.6 is 11.8 Å². The molecule has 1 N–H and O–H groups in total. The lowest BCUT2D eigenvalue weighted by Crippen LogP contribution is -2.36. The van der Waals surface area contributed by atoms with Gasteiger partial charge in [0.2, 0.25) is 5.76 Å². The van der Waals surface area contributed by atoms with E-state index in [4.69, 9.17) is 28.7 Å². The van der Waals surface area contributed by atoms with Gasteiger partial charge >= 0.3 is 5.97 Å². The number of carbonyl (C=O) groups is 2. The van der Waals surface area contributed by atoms with Crippen molar-refractivity contribution in [1.29, 1.82) is 0 Å². The SMILES string of the molecule is COc1cc(/C=C2\SC(=Nc3ccccc3)N(C[C@@H]3CCCO3)C2=O)ccc1OCc1ccc(C(=O)O)o1. The number of ether oxygens (including phenoxy) is 3. The van der Waals surface area contributed by atoms with E-state index in [1.54, 1.807) is 29.2 Å². The number of methoxy groups -OCH3 is 1. The zero-order chi connectivity index (χ0) is 26.5. The van der Waals surface area contributed by atoms with Crippen LogP contribution in [0.5, 0.6) is 11.5 Å². The van der Waals surface area contributed by atoms with Crippen LogP contribution < -0.4 is 9.47 Å². The highest BCUT2D eigenvalue weighted by atomic mass is 32.2. The molecule has 0 radical (unpaired) electrons. The fraction of sp³-hybridized carbons (Fsp3) is 0.250. The summed E-state index contributed by atoms with van der Waals surface area (Å²) < 4.78 is 22.3. The number of carboxylic acid groups (broad SMARTS) is 1. The summed E-state index contributed by atoms with van der Waals surface area (Å²) in [5, 5.41) is 9.63. The van der Waals surface area contributed by atoms with E-state index in [2.05, 4.69) is 0 Å². The molecule has 0 aliphatic carbocycles. The van der Waals surface area contributed by atoms with E-state index in [0.717, 1.165) is 24.1 Å². The van der Waals surface area contributed by atoms with Gasteiger partial charge in [-0.05, 0) is 72.6 Å². The van der Waals surface area contributed by atoms with Crippen LogP contribution in [0.15, 0.2) is 75.0 Å². The Morgan fingerprint density at radius 3 is 2.74 bits per heavy atom. The second-order valence-corrected chi connectivity index (χ2v) is 9.67. The third-order valence-corrected chi connectivity index (χ3v) is 7.01. The Morgan fingerprint density at radius 1 is 1.18 bits per heavy atom. The summed E-state index contributed by atoms with van der Waals surface area (Å²) in [4.78, 5) is 31.4. The molecule has 3 aromatic rings. The lowest BCUT2D eigenvalue weighted by Gasteiger charge is -2.19. The lowest BCUT2D eigenvalue weighted by atomic mass is 10.1. The molecule has 9 nitrogen and oxygen atoms in total. The van der Waals surface area contributed by atoms with E-state index in [9.17, 15) is 9.59 Å². The highest BCUT2D eigenvalue weighted by Gasteiger charge is 2.36. The van der Waals surface area contributed by atoms with Gasteiger partial charge in [-0.2, -0.15) is 0 Å². The topological polar surface area (TPSA) is 111 Å². The van der Waals surface area contributed by atoms with E-state index in [-0.39, 0.29) is 24.4 Å². The van der Waals surface area contributed by atoms with E-state index < -0.39 is 5.97 Å². The van der Waals surface area contributed by atoms with Crippen molar-refractivity contribution in [2.45, 2.75) is 25.6 Å². The molecule has 1 atom stereocenters. The summed E-state index contributed by atoms with van der Waals surface area (Å²) >= 11 is 1.33. The second kappa shape index (κ2) is 11.6. The number of aliphatic imine (C=N–C) groups is 1. The van der Waals surface area contributed by atoms with Crippen molar-refractivity contribution < 1.29 is 33.3 Å². The summed E-state index contributed by atoms with van der Waals surface area (Å²) in [5.74, 6) is -0.114. The maximum Gasteiger partial charge on any atom is 0.371 e. The minimum atomic E-state index is -1.14. The largest absolute Gasteiger partial charge is 0.493 e. The van der Waals surface area contributed by atoms with Gasteiger partial charge in [-0.1, -0.05) is 24.3 Å². The minimum absolute atomic E-state index is 0.00265. The van der Waals surface area contributed by atoms with Gasteiger partial charge in [0.1, 0.15) is 12.4 Å². The van der Waals surface area contributed by atoms with E-state index in [1.807, 2.05) is 36.4 Å². The Bertz CT molecular complexity index is 1380. The fourth-order valence-corrected chi connectivity index (χ4v) is 5.13. The van der Waals surface area contributed by atoms with Crippen molar-refractivity contribution in [2.24, 2.45) is 4.99 Å². The molecule has 38 heavy (non-hydrogen) atoms. The van der Waals surface area contributed by atoms with Crippen molar-refractivity contribution >= 4 is 40.6 Å². The second-order valence-electron chi connectivity index (χ2n) is 8.66. The van der Waals surface area contributed by atoms with Crippen molar-refractivity contribution in [3.05, 3.63) is 82.7 Å². The number of amides is 1. The Hall–Kier alpha value is -4.02. The first-order valence-electron chi connectivity index (χ1n) is 12.1. The zero-order valence-electron chi connectivity index (χ0n) is 20.7. The number of furan rings is 1. The molecular formula is C28H26N2O7S. The van der Waals surface area contributed by atoms with Crippen LogP contribution in [0.4, 0.5) is 5.69 Å². The van der Waals surface area contributed by atoms with Crippen LogP contribution in [0.3, 0.4) is 0 Å². The molecule has 2 saturated heterocycles. The number of hydrogen-bond acceptors (Lipinski definition) is 8. The number of para-hydroxylation sites is 1. The minimum Gasteiger partial charge on any atom is -0.493 e. The molecule has 2 fully saturated rings. The molecule has 0 unspecified atom stereocenters. The highest BCUT2D eigenvalue weighted by molar-refractivity contribution is 8.18. The third-order valence-electron chi connectivity index (χ3n) is 6.01. The van der Waals surface area contributed by atoms with Gasteiger partial charge in [-0.3, -0.25) is 9.69 Å². The molecule has 0 spiro atoms. The summed E-state index contributed by atoms with van der Waals surface area (Å²) in [6.07, 6.45) is 3.71. The quantitative estimate of drug-likeness (QED) is 0.366. The van der Waals surface area contributed by atoms with Crippen LogP contribution in [-0.2, 0) is 16.1 Å². The first-order chi connectivity index (χ1) is 18.5. The predicted molar refractivity (Wildman–Crippen MR) is 143 cm³/mol. The van der Waals surface area contributed by atoms with Crippen molar-refractivity contribution in [3.8, 4) is 11.5 Å². The number of hydrogen-bond donors (Lipinski definition) is 1. The van der Waals surface area contributed by atoms with E-state index in [0.29, 0.717) is 40.5 Å². The van der Waals surface area contributed by atoms with Crippen molar-refractivity contribution in [3.63, 3.8) is 0 Å². The monoisotopic (exact) mass is 534 g/mol. The normalized spacial score (nSPS) is 19.4. The molecule has 5 rings (SSSR count). The fourth-order valence-electron chi connectivity index (χ4n) is 4.12. The van der Waals surface area contributed by atoms with Gasteiger partial charge in [0, 0.05) is 6.61 Å². The molecule has 2 aromatic carbocycles. The molecule has 10 heteroatoms. The van der Waals surface area contributed by atoms with Crippen molar-refractivity contribution in [1.82, 2.24) is 4.90 Å². The summed E-state index contributed by atoms with van der Waals surface area (Å²) in [5.41, 5.74) is 1.53. The lowest BCUT2D eigenvalue weighted by molar-refractivity contribution is -0.123. The maximum absolute atomic E-state index is 13.4. The summed E-state index contributed by atoms with van der Waals surface area (Å²) in [6, 6.07) is 17.8. The standard InChI is InChI=1S/C28H26N2O7S/c1-34-24-14-18(9-11-22(24)36-17-21-10-12-23(37-21)27(32)33)15-25-26(31)30(16-20-8-5-13-35-20)28(38-25)29-19-6-3-2-4-7-19/h2-4,6-7,9-12,14-15,20H,5,8,13,16-17H2,1H3,(H,32,33)/b25-15-,29-28?/t20-/m0/s1. The van der Waals surface area contributed by atoms with Gasteiger partial charge in [0.15, 0.2) is 16.7 Å². The van der Waals surface area contributed by atoms with Crippen LogP contribution in [0.25, 0.3) is 6.08 Å². The zero-order valence-corrected chi connectivity index (χ0v) is 21.5. The number of benzene rings is 2. The van der Waals surface area contributed by atoms with Gasteiger partial charge in [-0.15, -0.1) is 0 Å². The number of aromatic carboxylic acids is 1. The number of nitrogens with zero attached hydrogens (tertiary/aromatic N) is 2. The van der Waals surface area contributed by atoms with Crippen LogP contribution in [0.2, 0.25) is 0 Å². The highest BCUT2D eigenvalue weighted by Crippen LogP contribution is 2.36. The molecule has 0 saturated carbocycles. The molecule has 1 aromatic heterocycles.